The van der Waals surface area contributed by atoms with Gasteiger partial charge in [0.15, 0.2) is 5.11 Å². The predicted molar refractivity (Wildman–Crippen MR) is 62.4 cm³/mol. The van der Waals surface area contributed by atoms with Gasteiger partial charge in [-0.25, -0.2) is 0 Å². The van der Waals surface area contributed by atoms with Crippen LogP contribution in [0.3, 0.4) is 0 Å². The molecule has 15 heavy (non-hydrogen) atoms. The van der Waals surface area contributed by atoms with Crippen LogP contribution in [-0.4, -0.2) is 11.0 Å². The number of nitrogens with one attached hydrogen (secondary N) is 2. The summed E-state index contributed by atoms with van der Waals surface area (Å²) in [4.78, 5) is 11.8. The maximum atomic E-state index is 11.8. The number of aryl methyl sites for hydroxylation is 1. The smallest absolute Gasteiger partial charge is 0.256 e. The van der Waals surface area contributed by atoms with E-state index in [2.05, 4.69) is 10.6 Å². The highest BCUT2D eigenvalue weighted by molar-refractivity contribution is 7.80. The van der Waals surface area contributed by atoms with Gasteiger partial charge in [0.25, 0.3) is 5.91 Å². The topological polar surface area (TPSA) is 41.1 Å². The third kappa shape index (κ3) is 1.51. The van der Waals surface area contributed by atoms with Gasteiger partial charge in [0, 0.05) is 0 Å². The molecule has 0 spiro atoms. The van der Waals surface area contributed by atoms with Gasteiger partial charge in [0.1, 0.15) is 5.54 Å². The van der Waals surface area contributed by atoms with Crippen LogP contribution in [0.1, 0.15) is 18.1 Å². The van der Waals surface area contributed by atoms with Crippen molar-refractivity contribution in [3.63, 3.8) is 0 Å². The molecule has 2 rings (SSSR count). The highest BCUT2D eigenvalue weighted by Gasteiger charge is 2.42. The Morgan fingerprint density at radius 2 is 2.00 bits per heavy atom. The number of thiocarbonyl (C=S) groups is 1. The maximum Gasteiger partial charge on any atom is 0.256 e. The summed E-state index contributed by atoms with van der Waals surface area (Å²) in [7, 11) is 0. The summed E-state index contributed by atoms with van der Waals surface area (Å²) in [5, 5.41) is 6.02. The normalized spacial score (nSPS) is 24.9. The molecular weight excluding hydrogens is 208 g/mol. The van der Waals surface area contributed by atoms with E-state index in [0.29, 0.717) is 5.11 Å². The van der Waals surface area contributed by atoms with E-state index in [0.717, 1.165) is 11.1 Å². The summed E-state index contributed by atoms with van der Waals surface area (Å²) < 4.78 is 0. The third-order valence-electron chi connectivity index (χ3n) is 2.73. The summed E-state index contributed by atoms with van der Waals surface area (Å²) in [5.41, 5.74) is 1.30. The minimum Gasteiger partial charge on any atom is -0.345 e. The first-order valence-corrected chi connectivity index (χ1v) is 5.14. The van der Waals surface area contributed by atoms with Gasteiger partial charge in [-0.2, -0.15) is 0 Å². The van der Waals surface area contributed by atoms with E-state index >= 15 is 0 Å². The van der Waals surface area contributed by atoms with Crippen LogP contribution in [0, 0.1) is 6.92 Å². The van der Waals surface area contributed by atoms with Crippen LogP contribution in [0.2, 0.25) is 0 Å². The zero-order valence-corrected chi connectivity index (χ0v) is 9.44. The average molecular weight is 220 g/mol. The van der Waals surface area contributed by atoms with E-state index in [1.165, 1.54) is 0 Å². The molecular formula is C11H12N2OS. The molecule has 4 heteroatoms. The molecule has 1 saturated heterocycles. The van der Waals surface area contributed by atoms with E-state index in [1.54, 1.807) is 0 Å². The fourth-order valence-corrected chi connectivity index (χ4v) is 2.16. The quantitative estimate of drug-likeness (QED) is 0.699. The highest BCUT2D eigenvalue weighted by Crippen LogP contribution is 2.26. The first-order valence-electron chi connectivity index (χ1n) is 4.74. The molecule has 1 aliphatic heterocycles. The summed E-state index contributed by atoms with van der Waals surface area (Å²) >= 11 is 4.95. The van der Waals surface area contributed by atoms with Gasteiger partial charge in [-0.3, -0.25) is 4.79 Å². The molecule has 0 radical (unpaired) electrons. The zero-order valence-electron chi connectivity index (χ0n) is 8.63. The van der Waals surface area contributed by atoms with Crippen LogP contribution >= 0.6 is 12.2 Å². The van der Waals surface area contributed by atoms with E-state index in [-0.39, 0.29) is 5.91 Å². The predicted octanol–water partition coefficient (Wildman–Crippen LogP) is 1.21. The first-order chi connectivity index (χ1) is 7.04. The highest BCUT2D eigenvalue weighted by atomic mass is 32.1. The van der Waals surface area contributed by atoms with Crippen molar-refractivity contribution in [2.45, 2.75) is 19.4 Å². The number of amides is 1. The van der Waals surface area contributed by atoms with Crippen molar-refractivity contribution >= 4 is 23.2 Å². The van der Waals surface area contributed by atoms with Crippen LogP contribution in [0.25, 0.3) is 0 Å². The Morgan fingerprint density at radius 3 is 2.53 bits per heavy atom. The summed E-state index contributed by atoms with van der Waals surface area (Å²) in [6, 6.07) is 7.80. The van der Waals surface area contributed by atoms with Gasteiger partial charge in [0.2, 0.25) is 0 Å². The van der Waals surface area contributed by atoms with Gasteiger partial charge >= 0.3 is 0 Å². The molecule has 1 aliphatic rings. The SMILES string of the molecule is Cc1ccccc1C1(C)NC(=S)NC1=O. The standard InChI is InChI=1S/C11H12N2OS/c1-7-5-3-4-6-8(7)11(2)9(14)12-10(15)13-11/h3-6H,1-2H3,(H2,12,13,14,15). The van der Waals surface area contributed by atoms with Crippen molar-refractivity contribution < 1.29 is 4.79 Å². The second-order valence-electron chi connectivity index (χ2n) is 3.85. The maximum absolute atomic E-state index is 11.8. The Labute approximate surface area is 93.9 Å². The molecule has 1 atom stereocenters. The summed E-state index contributed by atoms with van der Waals surface area (Å²) in [5.74, 6) is -0.0956. The molecule has 1 aromatic rings. The number of carbonyl (C=O) groups excluding carboxylic acids is 1. The van der Waals surface area contributed by atoms with Crippen LogP contribution in [0.5, 0.6) is 0 Å². The number of benzene rings is 1. The lowest BCUT2D eigenvalue weighted by atomic mass is 9.89. The monoisotopic (exact) mass is 220 g/mol. The molecule has 2 N–H and O–H groups in total. The Hall–Kier alpha value is -1.42. The summed E-state index contributed by atoms with van der Waals surface area (Å²) in [6.07, 6.45) is 0. The largest absolute Gasteiger partial charge is 0.345 e. The lowest BCUT2D eigenvalue weighted by Gasteiger charge is -2.23. The van der Waals surface area contributed by atoms with Crippen LogP contribution in [-0.2, 0) is 10.3 Å². The fraction of sp³-hybridized carbons (Fsp3) is 0.273. The molecule has 3 nitrogen and oxygen atoms in total. The van der Waals surface area contributed by atoms with Crippen molar-refractivity contribution in [1.82, 2.24) is 10.6 Å². The third-order valence-corrected chi connectivity index (χ3v) is 2.93. The van der Waals surface area contributed by atoms with E-state index < -0.39 is 5.54 Å². The molecule has 0 aromatic heterocycles. The minimum absolute atomic E-state index is 0.0956. The zero-order chi connectivity index (χ0) is 11.1. The van der Waals surface area contributed by atoms with Crippen molar-refractivity contribution in [2.24, 2.45) is 0 Å². The van der Waals surface area contributed by atoms with Crippen LogP contribution < -0.4 is 10.6 Å². The second-order valence-corrected chi connectivity index (χ2v) is 4.26. The molecule has 0 bridgehead atoms. The lowest BCUT2D eigenvalue weighted by Crippen LogP contribution is -2.41. The van der Waals surface area contributed by atoms with Crippen molar-refractivity contribution in [3.05, 3.63) is 35.4 Å². The molecule has 0 saturated carbocycles. The molecule has 78 valence electrons. The average Bonchev–Trinajstić information content (AvgIpc) is 2.42. The number of hydrogen-bond acceptors (Lipinski definition) is 2. The molecule has 1 aromatic carbocycles. The van der Waals surface area contributed by atoms with Crippen LogP contribution in [0.15, 0.2) is 24.3 Å². The Kier molecular flexibility index (Phi) is 2.23. The Balaban J connectivity index is 2.51. The van der Waals surface area contributed by atoms with Gasteiger partial charge in [-0.15, -0.1) is 0 Å². The number of hydrogen-bond donors (Lipinski definition) is 2. The van der Waals surface area contributed by atoms with Gasteiger partial charge in [-0.05, 0) is 37.2 Å². The molecule has 1 fully saturated rings. The van der Waals surface area contributed by atoms with E-state index in [4.69, 9.17) is 12.2 Å². The Morgan fingerprint density at radius 1 is 1.33 bits per heavy atom. The van der Waals surface area contributed by atoms with Crippen LogP contribution in [0.4, 0.5) is 0 Å². The van der Waals surface area contributed by atoms with Gasteiger partial charge in [-0.1, -0.05) is 24.3 Å². The minimum atomic E-state index is -0.734. The van der Waals surface area contributed by atoms with Crippen molar-refractivity contribution in [1.29, 1.82) is 0 Å². The molecule has 0 aliphatic carbocycles. The fourth-order valence-electron chi connectivity index (χ4n) is 1.87. The summed E-state index contributed by atoms with van der Waals surface area (Å²) in [6.45, 7) is 3.82. The number of carbonyl (C=O) groups is 1. The van der Waals surface area contributed by atoms with E-state index in [1.807, 2.05) is 38.1 Å². The number of rotatable bonds is 1. The Bertz CT molecular complexity index is 444. The van der Waals surface area contributed by atoms with Crippen molar-refractivity contribution in [2.75, 3.05) is 0 Å². The molecule has 1 amide bonds. The molecule has 1 unspecified atom stereocenters. The van der Waals surface area contributed by atoms with Crippen molar-refractivity contribution in [3.8, 4) is 0 Å². The van der Waals surface area contributed by atoms with Gasteiger partial charge < -0.3 is 10.6 Å². The first kappa shape index (κ1) is 10.1. The van der Waals surface area contributed by atoms with Gasteiger partial charge in [0.05, 0.1) is 0 Å². The lowest BCUT2D eigenvalue weighted by molar-refractivity contribution is -0.123. The molecule has 1 heterocycles. The van der Waals surface area contributed by atoms with E-state index in [9.17, 15) is 4.79 Å². The second kappa shape index (κ2) is 3.31.